The van der Waals surface area contributed by atoms with Crippen LogP contribution in [0.5, 0.6) is 0 Å². The lowest BCUT2D eigenvalue weighted by atomic mass is 10.2. The monoisotopic (exact) mass is 520 g/mol. The summed E-state index contributed by atoms with van der Waals surface area (Å²) in [4.78, 5) is 18.8. The summed E-state index contributed by atoms with van der Waals surface area (Å²) in [5.41, 5.74) is 2.64. The number of anilines is 2. The number of fused-ring (bicyclic) bond motifs is 1. The van der Waals surface area contributed by atoms with Gasteiger partial charge in [-0.3, -0.25) is 9.69 Å². The Hall–Kier alpha value is -1.94. The van der Waals surface area contributed by atoms with Crippen molar-refractivity contribution in [1.29, 1.82) is 0 Å². The van der Waals surface area contributed by atoms with E-state index in [1.165, 1.54) is 5.69 Å². The van der Waals surface area contributed by atoms with E-state index in [0.717, 1.165) is 31.7 Å². The van der Waals surface area contributed by atoms with E-state index < -0.39 is 10.0 Å². The van der Waals surface area contributed by atoms with Crippen LogP contribution in [0.4, 0.5) is 11.4 Å². The average Bonchev–Trinajstić information content (AvgIpc) is 3.22. The van der Waals surface area contributed by atoms with Gasteiger partial charge in [0.25, 0.3) is 0 Å². The van der Waals surface area contributed by atoms with Gasteiger partial charge in [0, 0.05) is 62.4 Å². The molecule has 1 saturated heterocycles. The summed E-state index contributed by atoms with van der Waals surface area (Å²) >= 11 is 3.43. The van der Waals surface area contributed by atoms with Gasteiger partial charge >= 0.3 is 0 Å². The standard InChI is InChI=1S/C23H29BrN4O3S/c1-2-22(29)28-10-8-18-16-19(24)17-21(23(18)28)32(30,31)25-9-11-26-12-14-27(15-13-26)20-6-4-3-5-7-20/h3-7,16-17,25H,2,8-15H2,1H3. The van der Waals surface area contributed by atoms with E-state index in [9.17, 15) is 13.2 Å². The van der Waals surface area contributed by atoms with Crippen LogP contribution in [0, 0.1) is 0 Å². The van der Waals surface area contributed by atoms with Crippen molar-refractivity contribution >= 4 is 43.2 Å². The molecule has 0 bridgehead atoms. The number of hydrogen-bond acceptors (Lipinski definition) is 5. The number of sulfonamides is 1. The van der Waals surface area contributed by atoms with E-state index in [1.54, 1.807) is 17.9 Å². The van der Waals surface area contributed by atoms with Crippen molar-refractivity contribution in [3.63, 3.8) is 0 Å². The molecule has 1 amide bonds. The Balaban J connectivity index is 1.38. The van der Waals surface area contributed by atoms with E-state index in [-0.39, 0.29) is 10.8 Å². The zero-order valence-corrected chi connectivity index (χ0v) is 20.7. The van der Waals surface area contributed by atoms with E-state index in [2.05, 4.69) is 42.6 Å². The van der Waals surface area contributed by atoms with Crippen molar-refractivity contribution in [3.8, 4) is 0 Å². The number of carbonyl (C=O) groups excluding carboxylic acids is 1. The highest BCUT2D eigenvalue weighted by Crippen LogP contribution is 2.37. The van der Waals surface area contributed by atoms with Crippen LogP contribution in [-0.4, -0.2) is 65.0 Å². The second kappa shape index (κ2) is 9.91. The fourth-order valence-electron chi connectivity index (χ4n) is 4.40. The fourth-order valence-corrected chi connectivity index (χ4v) is 6.35. The van der Waals surface area contributed by atoms with E-state index in [1.807, 2.05) is 24.3 Å². The molecule has 2 heterocycles. The number of para-hydroxylation sites is 1. The van der Waals surface area contributed by atoms with E-state index in [0.29, 0.717) is 42.6 Å². The second-order valence-corrected chi connectivity index (χ2v) is 10.8. The van der Waals surface area contributed by atoms with Crippen LogP contribution in [0.25, 0.3) is 0 Å². The van der Waals surface area contributed by atoms with Gasteiger partial charge in [-0.05, 0) is 36.2 Å². The first-order chi connectivity index (χ1) is 15.4. The molecule has 2 aliphatic heterocycles. The molecule has 9 heteroatoms. The zero-order valence-electron chi connectivity index (χ0n) is 18.3. The van der Waals surface area contributed by atoms with Crippen molar-refractivity contribution in [2.24, 2.45) is 0 Å². The molecule has 2 aromatic rings. The normalized spacial score (nSPS) is 16.9. The van der Waals surface area contributed by atoms with Crippen LogP contribution in [0.1, 0.15) is 18.9 Å². The molecule has 0 aliphatic carbocycles. The first-order valence-electron chi connectivity index (χ1n) is 11.0. The highest BCUT2D eigenvalue weighted by atomic mass is 79.9. The van der Waals surface area contributed by atoms with E-state index in [4.69, 9.17) is 0 Å². The first kappa shape index (κ1) is 23.2. The molecule has 1 fully saturated rings. The summed E-state index contributed by atoms with van der Waals surface area (Å²) in [5.74, 6) is -0.0567. The van der Waals surface area contributed by atoms with Gasteiger partial charge in [0.15, 0.2) is 0 Å². The predicted octanol–water partition coefficient (Wildman–Crippen LogP) is 2.85. The van der Waals surface area contributed by atoms with Crippen molar-refractivity contribution in [2.45, 2.75) is 24.7 Å². The molecule has 0 spiro atoms. The lowest BCUT2D eigenvalue weighted by Gasteiger charge is -2.36. The Morgan fingerprint density at radius 3 is 2.47 bits per heavy atom. The molecule has 1 N–H and O–H groups in total. The molecule has 0 unspecified atom stereocenters. The minimum atomic E-state index is -3.75. The minimum absolute atomic E-state index is 0.0567. The van der Waals surface area contributed by atoms with Crippen LogP contribution in [0.15, 0.2) is 51.8 Å². The highest BCUT2D eigenvalue weighted by Gasteiger charge is 2.32. The molecule has 7 nitrogen and oxygen atoms in total. The number of carbonyl (C=O) groups is 1. The maximum atomic E-state index is 13.2. The summed E-state index contributed by atoms with van der Waals surface area (Å²) in [7, 11) is -3.75. The zero-order chi connectivity index (χ0) is 22.7. The minimum Gasteiger partial charge on any atom is -0.369 e. The Labute approximate surface area is 198 Å². The molecule has 4 rings (SSSR count). The number of benzene rings is 2. The van der Waals surface area contributed by atoms with Gasteiger partial charge < -0.3 is 9.80 Å². The summed E-state index contributed by atoms with van der Waals surface area (Å²) in [6.07, 6.45) is 1.01. The van der Waals surface area contributed by atoms with Crippen LogP contribution < -0.4 is 14.5 Å². The van der Waals surface area contributed by atoms with Gasteiger partial charge in [-0.2, -0.15) is 0 Å². The van der Waals surface area contributed by atoms with Crippen molar-refractivity contribution in [2.75, 3.05) is 55.6 Å². The number of amides is 1. The molecular formula is C23H29BrN4O3S. The Kier molecular flexibility index (Phi) is 7.19. The number of rotatable bonds is 7. The van der Waals surface area contributed by atoms with Gasteiger partial charge in [-0.15, -0.1) is 0 Å². The molecule has 0 saturated carbocycles. The number of halogens is 1. The third-order valence-corrected chi connectivity index (χ3v) is 8.03. The van der Waals surface area contributed by atoms with Crippen molar-refractivity contribution in [3.05, 3.63) is 52.5 Å². The quantitative estimate of drug-likeness (QED) is 0.607. The summed E-state index contributed by atoms with van der Waals surface area (Å²) < 4.78 is 29.8. The SMILES string of the molecule is CCC(=O)N1CCc2cc(Br)cc(S(=O)(=O)NCCN3CCN(c4ccccc4)CC3)c21. The third-order valence-electron chi connectivity index (χ3n) is 6.10. The maximum Gasteiger partial charge on any atom is 0.242 e. The lowest BCUT2D eigenvalue weighted by Crippen LogP contribution is -2.48. The van der Waals surface area contributed by atoms with Crippen LogP contribution in [0.2, 0.25) is 0 Å². The number of piperazine rings is 1. The molecule has 2 aromatic carbocycles. The van der Waals surface area contributed by atoms with E-state index >= 15 is 0 Å². The summed E-state index contributed by atoms with van der Waals surface area (Å²) in [5, 5.41) is 0. The molecule has 0 radical (unpaired) electrons. The third kappa shape index (κ3) is 5.01. The second-order valence-electron chi connectivity index (χ2n) is 8.12. The van der Waals surface area contributed by atoms with Gasteiger partial charge in [0.1, 0.15) is 4.90 Å². The van der Waals surface area contributed by atoms with Gasteiger partial charge in [-0.1, -0.05) is 41.1 Å². The molecule has 32 heavy (non-hydrogen) atoms. The highest BCUT2D eigenvalue weighted by molar-refractivity contribution is 9.10. The first-order valence-corrected chi connectivity index (χ1v) is 13.3. The van der Waals surface area contributed by atoms with Crippen LogP contribution in [-0.2, 0) is 21.2 Å². The topological polar surface area (TPSA) is 73.0 Å². The number of nitrogens with zero attached hydrogens (tertiary/aromatic N) is 3. The predicted molar refractivity (Wildman–Crippen MR) is 131 cm³/mol. The summed E-state index contributed by atoms with van der Waals surface area (Å²) in [6.45, 7) is 6.92. The molecule has 172 valence electrons. The van der Waals surface area contributed by atoms with Gasteiger partial charge in [-0.25, -0.2) is 13.1 Å². The largest absolute Gasteiger partial charge is 0.369 e. The van der Waals surface area contributed by atoms with Crippen LogP contribution >= 0.6 is 15.9 Å². The number of nitrogens with one attached hydrogen (secondary N) is 1. The maximum absolute atomic E-state index is 13.2. The van der Waals surface area contributed by atoms with Crippen molar-refractivity contribution in [1.82, 2.24) is 9.62 Å². The summed E-state index contributed by atoms with van der Waals surface area (Å²) in [6, 6.07) is 13.9. The van der Waals surface area contributed by atoms with Crippen molar-refractivity contribution < 1.29 is 13.2 Å². The molecule has 0 atom stereocenters. The Morgan fingerprint density at radius 2 is 1.78 bits per heavy atom. The average molecular weight is 521 g/mol. The molecule has 0 aromatic heterocycles. The smallest absolute Gasteiger partial charge is 0.242 e. The fraction of sp³-hybridized carbons (Fsp3) is 0.435. The molecule has 2 aliphatic rings. The van der Waals surface area contributed by atoms with Gasteiger partial charge in [0.05, 0.1) is 5.69 Å². The molecular weight excluding hydrogens is 492 g/mol. The number of hydrogen-bond donors (Lipinski definition) is 1. The van der Waals surface area contributed by atoms with Gasteiger partial charge in [0.2, 0.25) is 15.9 Å². The Morgan fingerprint density at radius 1 is 1.06 bits per heavy atom. The lowest BCUT2D eigenvalue weighted by molar-refractivity contribution is -0.118. The van der Waals surface area contributed by atoms with Crippen LogP contribution in [0.3, 0.4) is 0 Å². The Bertz CT molecular complexity index is 1070.